The van der Waals surface area contributed by atoms with Gasteiger partial charge in [-0.2, -0.15) is 0 Å². The quantitative estimate of drug-likeness (QED) is 0.916. The Balaban J connectivity index is 2.00. The highest BCUT2D eigenvalue weighted by molar-refractivity contribution is 5.45. The fraction of sp³-hybridized carbons (Fsp3) is 0.333. The Morgan fingerprint density at radius 3 is 2.79 bits per heavy atom. The van der Waals surface area contributed by atoms with Gasteiger partial charge < -0.3 is 19.4 Å². The second kappa shape index (κ2) is 4.97. The molecule has 0 saturated heterocycles. The molecular formula is C15H18N2O2. The van der Waals surface area contributed by atoms with E-state index in [2.05, 4.69) is 34.3 Å². The molecule has 0 fully saturated rings. The van der Waals surface area contributed by atoms with E-state index < -0.39 is 0 Å². The predicted octanol–water partition coefficient (Wildman–Crippen LogP) is 2.20. The number of hydrogen-bond acceptors (Lipinski definition) is 3. The average molecular weight is 258 g/mol. The van der Waals surface area contributed by atoms with E-state index in [1.165, 1.54) is 11.3 Å². The molecule has 100 valence electrons. The van der Waals surface area contributed by atoms with Crippen LogP contribution >= 0.6 is 0 Å². The number of hydrogen-bond donors (Lipinski definition) is 1. The van der Waals surface area contributed by atoms with Crippen molar-refractivity contribution in [2.45, 2.75) is 12.6 Å². The van der Waals surface area contributed by atoms with Crippen LogP contribution in [-0.2, 0) is 6.54 Å². The van der Waals surface area contributed by atoms with E-state index in [-0.39, 0.29) is 6.04 Å². The molecule has 19 heavy (non-hydrogen) atoms. The number of methoxy groups -OCH3 is 2. The molecule has 0 unspecified atom stereocenters. The molecule has 0 spiro atoms. The van der Waals surface area contributed by atoms with Crippen LogP contribution < -0.4 is 14.8 Å². The summed E-state index contributed by atoms with van der Waals surface area (Å²) in [5.74, 6) is 1.53. The summed E-state index contributed by atoms with van der Waals surface area (Å²) < 4.78 is 12.9. The van der Waals surface area contributed by atoms with Gasteiger partial charge in [-0.25, -0.2) is 0 Å². The fourth-order valence-electron chi connectivity index (χ4n) is 2.65. The minimum absolute atomic E-state index is 0.212. The molecule has 1 atom stereocenters. The number of nitrogens with one attached hydrogen (secondary N) is 1. The second-order valence-corrected chi connectivity index (χ2v) is 4.63. The van der Waals surface area contributed by atoms with Gasteiger partial charge in [0.2, 0.25) is 0 Å². The number of nitrogens with zero attached hydrogens (tertiary/aromatic N) is 1. The summed E-state index contributed by atoms with van der Waals surface area (Å²) in [4.78, 5) is 0. The third-order valence-electron chi connectivity index (χ3n) is 3.60. The molecule has 4 heteroatoms. The van der Waals surface area contributed by atoms with E-state index >= 15 is 0 Å². The van der Waals surface area contributed by atoms with Crippen LogP contribution in [0.2, 0.25) is 0 Å². The first-order chi connectivity index (χ1) is 9.33. The molecule has 1 aliphatic rings. The van der Waals surface area contributed by atoms with Gasteiger partial charge in [0.1, 0.15) is 0 Å². The Bertz CT molecular complexity index is 577. The molecule has 0 amide bonds. The Labute approximate surface area is 113 Å². The Morgan fingerprint density at radius 1 is 1.16 bits per heavy atom. The van der Waals surface area contributed by atoms with Crippen molar-refractivity contribution in [2.24, 2.45) is 0 Å². The van der Waals surface area contributed by atoms with E-state index in [1.807, 2.05) is 12.1 Å². The molecule has 1 aromatic heterocycles. The highest BCUT2D eigenvalue weighted by atomic mass is 16.5. The summed E-state index contributed by atoms with van der Waals surface area (Å²) in [6, 6.07) is 10.5. The van der Waals surface area contributed by atoms with Gasteiger partial charge in [-0.05, 0) is 29.8 Å². The van der Waals surface area contributed by atoms with Crippen molar-refractivity contribution in [1.82, 2.24) is 9.88 Å². The normalized spacial score (nSPS) is 17.9. The molecule has 3 rings (SSSR count). The molecule has 0 aliphatic carbocycles. The summed E-state index contributed by atoms with van der Waals surface area (Å²) in [5.41, 5.74) is 2.48. The number of rotatable bonds is 3. The SMILES string of the molecule is COc1ccc([C@H]2NCCn3cccc32)cc1OC. The maximum atomic E-state index is 5.38. The third kappa shape index (κ3) is 2.08. The summed E-state index contributed by atoms with van der Waals surface area (Å²) in [5, 5.41) is 3.55. The third-order valence-corrected chi connectivity index (χ3v) is 3.60. The number of ether oxygens (including phenoxy) is 2. The molecule has 2 aromatic rings. The van der Waals surface area contributed by atoms with E-state index in [4.69, 9.17) is 9.47 Å². The second-order valence-electron chi connectivity index (χ2n) is 4.63. The standard InChI is InChI=1S/C15H18N2O2/c1-18-13-6-5-11(10-14(13)19-2)15-12-4-3-8-17(12)9-7-16-15/h3-6,8,10,15-16H,7,9H2,1-2H3/t15-/m1/s1. The molecule has 1 aromatic carbocycles. The Hall–Kier alpha value is -1.94. The Morgan fingerprint density at radius 2 is 2.00 bits per heavy atom. The van der Waals surface area contributed by atoms with Crippen molar-refractivity contribution >= 4 is 0 Å². The maximum Gasteiger partial charge on any atom is 0.161 e. The molecule has 1 aliphatic heterocycles. The van der Waals surface area contributed by atoms with Crippen molar-refractivity contribution < 1.29 is 9.47 Å². The molecule has 0 bridgehead atoms. The number of benzene rings is 1. The molecule has 0 saturated carbocycles. The summed E-state index contributed by atoms with van der Waals surface area (Å²) >= 11 is 0. The summed E-state index contributed by atoms with van der Waals surface area (Å²) in [7, 11) is 3.32. The van der Waals surface area contributed by atoms with Crippen LogP contribution in [0.4, 0.5) is 0 Å². The monoisotopic (exact) mass is 258 g/mol. The van der Waals surface area contributed by atoms with Gasteiger partial charge in [0.05, 0.1) is 20.3 Å². The smallest absolute Gasteiger partial charge is 0.161 e. The van der Waals surface area contributed by atoms with Crippen molar-refractivity contribution in [3.63, 3.8) is 0 Å². The highest BCUT2D eigenvalue weighted by Gasteiger charge is 2.21. The largest absolute Gasteiger partial charge is 0.493 e. The van der Waals surface area contributed by atoms with Crippen molar-refractivity contribution in [2.75, 3.05) is 20.8 Å². The van der Waals surface area contributed by atoms with Crippen LogP contribution in [0, 0.1) is 0 Å². The minimum atomic E-state index is 0.212. The van der Waals surface area contributed by atoms with Gasteiger partial charge in [0.25, 0.3) is 0 Å². The first kappa shape index (κ1) is 12.1. The summed E-state index contributed by atoms with van der Waals surface area (Å²) in [6.07, 6.45) is 2.13. The topological polar surface area (TPSA) is 35.4 Å². The highest BCUT2D eigenvalue weighted by Crippen LogP contribution is 2.33. The molecule has 0 radical (unpaired) electrons. The van der Waals surface area contributed by atoms with E-state index in [1.54, 1.807) is 14.2 Å². The fourth-order valence-corrected chi connectivity index (χ4v) is 2.65. The predicted molar refractivity (Wildman–Crippen MR) is 73.8 cm³/mol. The maximum absolute atomic E-state index is 5.38. The summed E-state index contributed by atoms with van der Waals surface area (Å²) in [6.45, 7) is 1.99. The van der Waals surface area contributed by atoms with Gasteiger partial charge in [-0.1, -0.05) is 6.07 Å². The van der Waals surface area contributed by atoms with Crippen LogP contribution in [0.15, 0.2) is 36.5 Å². The zero-order valence-electron chi connectivity index (χ0n) is 11.2. The molecule has 4 nitrogen and oxygen atoms in total. The molecule has 2 heterocycles. The first-order valence-electron chi connectivity index (χ1n) is 6.44. The van der Waals surface area contributed by atoms with Gasteiger partial charge in [-0.15, -0.1) is 0 Å². The lowest BCUT2D eigenvalue weighted by Crippen LogP contribution is -2.33. The lowest BCUT2D eigenvalue weighted by molar-refractivity contribution is 0.353. The lowest BCUT2D eigenvalue weighted by Gasteiger charge is -2.27. The van der Waals surface area contributed by atoms with Crippen LogP contribution in [0.5, 0.6) is 11.5 Å². The number of aromatic nitrogens is 1. The van der Waals surface area contributed by atoms with Gasteiger partial charge in [0, 0.05) is 25.0 Å². The lowest BCUT2D eigenvalue weighted by atomic mass is 10.0. The van der Waals surface area contributed by atoms with Crippen molar-refractivity contribution in [3.8, 4) is 11.5 Å². The van der Waals surface area contributed by atoms with Crippen LogP contribution in [0.25, 0.3) is 0 Å². The average Bonchev–Trinajstić information content (AvgIpc) is 2.94. The Kier molecular flexibility index (Phi) is 3.17. The van der Waals surface area contributed by atoms with Crippen molar-refractivity contribution in [1.29, 1.82) is 0 Å². The van der Waals surface area contributed by atoms with Crippen LogP contribution in [0.1, 0.15) is 17.3 Å². The van der Waals surface area contributed by atoms with E-state index in [9.17, 15) is 0 Å². The minimum Gasteiger partial charge on any atom is -0.493 e. The van der Waals surface area contributed by atoms with Crippen molar-refractivity contribution in [3.05, 3.63) is 47.8 Å². The molecular weight excluding hydrogens is 240 g/mol. The van der Waals surface area contributed by atoms with Gasteiger partial charge in [0.15, 0.2) is 11.5 Å². The van der Waals surface area contributed by atoms with Gasteiger partial charge >= 0.3 is 0 Å². The zero-order chi connectivity index (χ0) is 13.2. The molecule has 1 N–H and O–H groups in total. The van der Waals surface area contributed by atoms with E-state index in [0.717, 1.165) is 24.6 Å². The van der Waals surface area contributed by atoms with E-state index in [0.29, 0.717) is 0 Å². The van der Waals surface area contributed by atoms with Gasteiger partial charge in [-0.3, -0.25) is 0 Å². The zero-order valence-corrected chi connectivity index (χ0v) is 11.2. The number of fused-ring (bicyclic) bond motifs is 1. The van der Waals surface area contributed by atoms with Crippen LogP contribution in [-0.4, -0.2) is 25.3 Å². The van der Waals surface area contributed by atoms with Crippen LogP contribution in [0.3, 0.4) is 0 Å². The first-order valence-corrected chi connectivity index (χ1v) is 6.44.